The van der Waals surface area contributed by atoms with Crippen molar-refractivity contribution >= 4 is 16.9 Å². The molecule has 0 aliphatic carbocycles. The van der Waals surface area contributed by atoms with Gasteiger partial charge in [-0.2, -0.15) is 0 Å². The maximum atomic E-state index is 13.5. The molecule has 0 spiro atoms. The molecule has 202 valence electrons. The van der Waals surface area contributed by atoms with Crippen molar-refractivity contribution in [1.29, 1.82) is 0 Å². The Morgan fingerprint density at radius 2 is 1.23 bits per heavy atom. The first-order chi connectivity index (χ1) is 18.5. The van der Waals surface area contributed by atoms with Gasteiger partial charge in [-0.1, -0.05) is 30.3 Å². The summed E-state index contributed by atoms with van der Waals surface area (Å²) >= 11 is 0. The number of rotatable bonds is 9. The highest BCUT2D eigenvalue weighted by Gasteiger charge is 2.32. The SMILES string of the molecule is CC(C)(OC(=O)COc1ccc([S+](c2ccccc2)c2ccc(F)cc2)cc1)c1ccc(OC(F)(F)F)cc1. The van der Waals surface area contributed by atoms with Gasteiger partial charge >= 0.3 is 12.3 Å². The zero-order chi connectivity index (χ0) is 28.0. The molecule has 0 aromatic heterocycles. The third-order valence-corrected chi connectivity index (χ3v) is 7.83. The molecule has 39 heavy (non-hydrogen) atoms. The van der Waals surface area contributed by atoms with E-state index in [0.717, 1.165) is 26.8 Å². The van der Waals surface area contributed by atoms with Gasteiger partial charge in [0.25, 0.3) is 0 Å². The Balaban J connectivity index is 1.39. The Bertz CT molecular complexity index is 1370. The molecule has 4 aromatic carbocycles. The van der Waals surface area contributed by atoms with E-state index in [1.807, 2.05) is 42.5 Å². The summed E-state index contributed by atoms with van der Waals surface area (Å²) in [4.78, 5) is 15.5. The molecule has 1 unspecified atom stereocenters. The van der Waals surface area contributed by atoms with Crippen LogP contribution in [0.15, 0.2) is 118 Å². The zero-order valence-corrected chi connectivity index (χ0v) is 21.9. The average molecular weight is 558 g/mol. The maximum absolute atomic E-state index is 13.5. The van der Waals surface area contributed by atoms with Crippen LogP contribution in [-0.2, 0) is 26.0 Å². The summed E-state index contributed by atoms with van der Waals surface area (Å²) in [5.74, 6) is -0.857. The minimum atomic E-state index is -4.79. The van der Waals surface area contributed by atoms with Crippen LogP contribution in [0.4, 0.5) is 17.6 Å². The molecule has 4 aromatic rings. The lowest BCUT2D eigenvalue weighted by molar-refractivity contribution is -0.274. The van der Waals surface area contributed by atoms with Crippen LogP contribution in [0.5, 0.6) is 11.5 Å². The summed E-state index contributed by atoms with van der Waals surface area (Å²) in [6.45, 7) is 2.89. The van der Waals surface area contributed by atoms with Crippen molar-refractivity contribution in [1.82, 2.24) is 0 Å². The minimum absolute atomic E-state index is 0.304. The first-order valence-corrected chi connectivity index (χ1v) is 13.1. The standard InChI is InChI=1S/C30H25F4O4S/c1-29(2,21-8-12-24(13-9-21)37-30(32,33)34)38-28(35)20-36-23-14-18-27(19-15-23)39(25-6-4-3-5-7-25)26-16-10-22(31)11-17-26/h3-19H,20H2,1-2H3/q+1. The van der Waals surface area contributed by atoms with E-state index in [2.05, 4.69) is 4.74 Å². The number of carbonyl (C=O) groups is 1. The molecule has 0 fully saturated rings. The molecule has 0 bridgehead atoms. The molecule has 4 rings (SSSR count). The second-order valence-corrected chi connectivity index (χ2v) is 10.9. The molecule has 0 aliphatic heterocycles. The highest BCUT2D eigenvalue weighted by molar-refractivity contribution is 7.97. The summed E-state index contributed by atoms with van der Waals surface area (Å²) in [6.07, 6.45) is -4.79. The number of hydrogen-bond acceptors (Lipinski definition) is 4. The molecule has 4 nitrogen and oxygen atoms in total. The zero-order valence-electron chi connectivity index (χ0n) is 21.1. The van der Waals surface area contributed by atoms with E-state index in [1.165, 1.54) is 24.3 Å². The van der Waals surface area contributed by atoms with Crippen LogP contribution in [0.2, 0.25) is 0 Å². The van der Waals surface area contributed by atoms with Crippen LogP contribution in [-0.4, -0.2) is 18.9 Å². The quantitative estimate of drug-likeness (QED) is 0.120. The maximum Gasteiger partial charge on any atom is 0.573 e. The Morgan fingerprint density at radius 1 is 0.718 bits per heavy atom. The molecule has 0 saturated heterocycles. The van der Waals surface area contributed by atoms with Gasteiger partial charge in [-0.05, 0) is 92.2 Å². The summed E-state index contributed by atoms with van der Waals surface area (Å²) in [5, 5.41) is 0. The monoisotopic (exact) mass is 557 g/mol. The summed E-state index contributed by atoms with van der Waals surface area (Å²) in [6, 6.07) is 28.7. The summed E-state index contributed by atoms with van der Waals surface area (Å²) in [5.41, 5.74) is -0.622. The largest absolute Gasteiger partial charge is 0.573 e. The molecule has 0 aliphatic rings. The van der Waals surface area contributed by atoms with Crippen LogP contribution >= 0.6 is 0 Å². The van der Waals surface area contributed by atoms with Crippen molar-refractivity contribution in [2.24, 2.45) is 0 Å². The van der Waals surface area contributed by atoms with Crippen molar-refractivity contribution in [3.05, 3.63) is 115 Å². The van der Waals surface area contributed by atoms with E-state index < -0.39 is 28.8 Å². The highest BCUT2D eigenvalue weighted by atomic mass is 32.2. The predicted molar refractivity (Wildman–Crippen MR) is 139 cm³/mol. The van der Waals surface area contributed by atoms with Gasteiger partial charge in [0.1, 0.15) is 22.9 Å². The Morgan fingerprint density at radius 3 is 1.79 bits per heavy atom. The lowest BCUT2D eigenvalue weighted by Crippen LogP contribution is -2.28. The summed E-state index contributed by atoms with van der Waals surface area (Å²) in [7, 11) is -0.471. The highest BCUT2D eigenvalue weighted by Crippen LogP contribution is 2.33. The topological polar surface area (TPSA) is 44.8 Å². The van der Waals surface area contributed by atoms with E-state index in [1.54, 1.807) is 38.1 Å². The Kier molecular flexibility index (Phi) is 8.50. The normalized spacial score (nSPS) is 12.5. The number of benzene rings is 4. The predicted octanol–water partition coefficient (Wildman–Crippen LogP) is 7.68. The fourth-order valence-electron chi connectivity index (χ4n) is 3.78. The van der Waals surface area contributed by atoms with E-state index in [0.29, 0.717) is 11.3 Å². The Labute approximate surface area is 226 Å². The van der Waals surface area contributed by atoms with Crippen molar-refractivity contribution in [2.45, 2.75) is 40.5 Å². The number of alkyl halides is 3. The van der Waals surface area contributed by atoms with Crippen LogP contribution < -0.4 is 9.47 Å². The molecule has 9 heteroatoms. The van der Waals surface area contributed by atoms with Gasteiger partial charge in [-0.15, -0.1) is 13.2 Å². The number of ether oxygens (including phenoxy) is 3. The lowest BCUT2D eigenvalue weighted by Gasteiger charge is -2.26. The van der Waals surface area contributed by atoms with Gasteiger partial charge in [-0.3, -0.25) is 0 Å². The molecule has 0 N–H and O–H groups in total. The molecular weight excluding hydrogens is 532 g/mol. The summed E-state index contributed by atoms with van der Waals surface area (Å²) < 4.78 is 65.7. The molecule has 0 amide bonds. The Hall–Kier alpha value is -3.98. The molecule has 0 heterocycles. The van der Waals surface area contributed by atoms with E-state index in [-0.39, 0.29) is 18.2 Å². The first-order valence-electron chi connectivity index (χ1n) is 11.9. The average Bonchev–Trinajstić information content (AvgIpc) is 2.89. The van der Waals surface area contributed by atoms with E-state index in [9.17, 15) is 22.4 Å². The van der Waals surface area contributed by atoms with E-state index in [4.69, 9.17) is 9.47 Å². The molecule has 0 saturated carbocycles. The third kappa shape index (κ3) is 7.77. The van der Waals surface area contributed by atoms with Gasteiger partial charge in [0, 0.05) is 0 Å². The van der Waals surface area contributed by atoms with Crippen molar-refractivity contribution in [2.75, 3.05) is 6.61 Å². The fourth-order valence-corrected chi connectivity index (χ4v) is 5.84. The van der Waals surface area contributed by atoms with Crippen molar-refractivity contribution < 1.29 is 36.6 Å². The third-order valence-electron chi connectivity index (χ3n) is 5.60. The van der Waals surface area contributed by atoms with Crippen molar-refractivity contribution in [3.8, 4) is 11.5 Å². The van der Waals surface area contributed by atoms with Crippen LogP contribution in [0.1, 0.15) is 19.4 Å². The van der Waals surface area contributed by atoms with Gasteiger partial charge in [-0.25, -0.2) is 9.18 Å². The molecule has 0 radical (unpaired) electrons. The van der Waals surface area contributed by atoms with Gasteiger partial charge in [0.15, 0.2) is 21.3 Å². The van der Waals surface area contributed by atoms with Crippen LogP contribution in [0.3, 0.4) is 0 Å². The van der Waals surface area contributed by atoms with Gasteiger partial charge < -0.3 is 14.2 Å². The minimum Gasteiger partial charge on any atom is -0.482 e. The molecular formula is C30H25F4O4S+. The first kappa shape index (κ1) is 28.0. The second kappa shape index (κ2) is 11.8. The number of halogens is 4. The van der Waals surface area contributed by atoms with Gasteiger partial charge in [0.2, 0.25) is 0 Å². The van der Waals surface area contributed by atoms with Crippen molar-refractivity contribution in [3.63, 3.8) is 0 Å². The van der Waals surface area contributed by atoms with E-state index >= 15 is 0 Å². The number of esters is 1. The van der Waals surface area contributed by atoms with Crippen LogP contribution in [0.25, 0.3) is 0 Å². The molecule has 1 atom stereocenters. The fraction of sp³-hybridized carbons (Fsp3) is 0.167. The smallest absolute Gasteiger partial charge is 0.482 e. The van der Waals surface area contributed by atoms with Crippen LogP contribution in [0, 0.1) is 5.82 Å². The number of carbonyl (C=O) groups excluding carboxylic acids is 1. The van der Waals surface area contributed by atoms with Gasteiger partial charge in [0.05, 0.1) is 10.9 Å². The second-order valence-electron chi connectivity index (χ2n) is 8.89. The number of hydrogen-bond donors (Lipinski definition) is 0. The lowest BCUT2D eigenvalue weighted by atomic mass is 9.98.